The van der Waals surface area contributed by atoms with Crippen LogP contribution in [-0.2, 0) is 6.61 Å². The molecule has 2 aromatic carbocycles. The summed E-state index contributed by atoms with van der Waals surface area (Å²) in [7, 11) is 0. The third kappa shape index (κ3) is 3.25. The molecule has 2 rings (SSSR count). The highest BCUT2D eigenvalue weighted by molar-refractivity contribution is 6.32. The highest BCUT2D eigenvalue weighted by Crippen LogP contribution is 2.28. The summed E-state index contributed by atoms with van der Waals surface area (Å²) < 4.78 is 5.64. The molecule has 0 saturated carbocycles. The number of aliphatic hydroxyl groups excluding tert-OH is 1. The molecule has 0 unspecified atom stereocenters. The van der Waals surface area contributed by atoms with E-state index in [1.54, 1.807) is 19.1 Å². The van der Waals surface area contributed by atoms with Gasteiger partial charge in [0, 0.05) is 0 Å². The number of halogens is 1. The smallest absolute Gasteiger partial charge is 0.138 e. The Hall–Kier alpha value is -1.51. The number of hydrogen-bond donors (Lipinski definition) is 1. The molecule has 0 saturated heterocycles. The standard InChI is InChI=1S/C15H15ClO2/c1-11(17)13-7-8-15(14(16)9-13)18-10-12-5-3-2-4-6-12/h2-9,11,17H,10H2,1H3/t11-/m1/s1. The summed E-state index contributed by atoms with van der Waals surface area (Å²) in [4.78, 5) is 0. The van der Waals surface area contributed by atoms with Gasteiger partial charge in [-0.1, -0.05) is 48.0 Å². The Balaban J connectivity index is 2.06. The molecular formula is C15H15ClO2. The molecule has 0 aliphatic rings. The van der Waals surface area contributed by atoms with Crippen molar-refractivity contribution < 1.29 is 9.84 Å². The third-order valence-corrected chi connectivity index (χ3v) is 2.97. The minimum atomic E-state index is -0.523. The molecular weight excluding hydrogens is 248 g/mol. The predicted octanol–water partition coefficient (Wildman–Crippen LogP) is 3.97. The quantitative estimate of drug-likeness (QED) is 0.903. The fourth-order valence-corrected chi connectivity index (χ4v) is 1.87. The molecule has 0 amide bonds. The predicted molar refractivity (Wildman–Crippen MR) is 72.9 cm³/mol. The van der Waals surface area contributed by atoms with Crippen LogP contribution in [0.15, 0.2) is 48.5 Å². The maximum atomic E-state index is 9.45. The van der Waals surface area contributed by atoms with Gasteiger partial charge < -0.3 is 9.84 Å². The zero-order valence-corrected chi connectivity index (χ0v) is 10.9. The van der Waals surface area contributed by atoms with Crippen LogP contribution >= 0.6 is 11.6 Å². The van der Waals surface area contributed by atoms with Gasteiger partial charge in [0.2, 0.25) is 0 Å². The molecule has 2 nitrogen and oxygen atoms in total. The Morgan fingerprint density at radius 3 is 2.50 bits per heavy atom. The van der Waals surface area contributed by atoms with Gasteiger partial charge >= 0.3 is 0 Å². The molecule has 3 heteroatoms. The van der Waals surface area contributed by atoms with Crippen molar-refractivity contribution >= 4 is 11.6 Å². The van der Waals surface area contributed by atoms with Gasteiger partial charge in [0.1, 0.15) is 12.4 Å². The van der Waals surface area contributed by atoms with Crippen LogP contribution in [0.4, 0.5) is 0 Å². The fourth-order valence-electron chi connectivity index (χ4n) is 1.63. The van der Waals surface area contributed by atoms with Crippen molar-refractivity contribution in [3.05, 3.63) is 64.7 Å². The van der Waals surface area contributed by atoms with Crippen molar-refractivity contribution in [3.8, 4) is 5.75 Å². The molecule has 2 aromatic rings. The normalized spacial score (nSPS) is 12.2. The summed E-state index contributed by atoms with van der Waals surface area (Å²) in [5, 5.41) is 9.97. The van der Waals surface area contributed by atoms with Crippen LogP contribution in [0.2, 0.25) is 5.02 Å². The first kappa shape index (κ1) is 12.9. The summed E-state index contributed by atoms with van der Waals surface area (Å²) in [5.74, 6) is 0.630. The van der Waals surface area contributed by atoms with Gasteiger partial charge in [0.25, 0.3) is 0 Å². The van der Waals surface area contributed by atoms with Crippen LogP contribution in [0.1, 0.15) is 24.2 Å². The van der Waals surface area contributed by atoms with Crippen LogP contribution in [0.5, 0.6) is 5.75 Å². The lowest BCUT2D eigenvalue weighted by atomic mass is 10.1. The van der Waals surface area contributed by atoms with E-state index in [1.165, 1.54) is 0 Å². The third-order valence-electron chi connectivity index (χ3n) is 2.68. The summed E-state index contributed by atoms with van der Waals surface area (Å²) in [6, 6.07) is 15.2. The summed E-state index contributed by atoms with van der Waals surface area (Å²) in [5.41, 5.74) is 1.88. The average molecular weight is 263 g/mol. The molecule has 18 heavy (non-hydrogen) atoms. The molecule has 1 N–H and O–H groups in total. The Morgan fingerprint density at radius 2 is 1.89 bits per heavy atom. The Kier molecular flexibility index (Phi) is 4.24. The van der Waals surface area contributed by atoms with Crippen molar-refractivity contribution in [2.24, 2.45) is 0 Å². The van der Waals surface area contributed by atoms with Crippen LogP contribution in [0, 0.1) is 0 Å². The van der Waals surface area contributed by atoms with E-state index in [4.69, 9.17) is 16.3 Å². The van der Waals surface area contributed by atoms with E-state index in [0.29, 0.717) is 17.4 Å². The maximum Gasteiger partial charge on any atom is 0.138 e. The molecule has 0 bridgehead atoms. The van der Waals surface area contributed by atoms with E-state index in [2.05, 4.69) is 0 Å². The maximum absolute atomic E-state index is 9.45. The molecule has 0 heterocycles. The summed E-state index contributed by atoms with van der Waals surface area (Å²) in [6.07, 6.45) is -0.523. The Labute approximate surface area is 112 Å². The second-order valence-electron chi connectivity index (χ2n) is 4.14. The van der Waals surface area contributed by atoms with Gasteiger partial charge in [-0.05, 0) is 30.2 Å². The lowest BCUT2D eigenvalue weighted by Gasteiger charge is -2.10. The number of rotatable bonds is 4. The van der Waals surface area contributed by atoms with Gasteiger partial charge in [-0.2, -0.15) is 0 Å². The van der Waals surface area contributed by atoms with Crippen molar-refractivity contribution in [3.63, 3.8) is 0 Å². The molecule has 0 aromatic heterocycles. The summed E-state index contributed by atoms with van der Waals surface area (Å²) in [6.45, 7) is 2.19. The van der Waals surface area contributed by atoms with E-state index in [1.807, 2.05) is 36.4 Å². The van der Waals surface area contributed by atoms with Gasteiger partial charge in [-0.25, -0.2) is 0 Å². The minimum absolute atomic E-state index is 0.481. The topological polar surface area (TPSA) is 29.5 Å². The van der Waals surface area contributed by atoms with Crippen molar-refractivity contribution in [2.75, 3.05) is 0 Å². The highest BCUT2D eigenvalue weighted by Gasteiger charge is 2.06. The first-order valence-corrected chi connectivity index (χ1v) is 6.19. The summed E-state index contributed by atoms with van der Waals surface area (Å²) >= 11 is 6.10. The zero-order valence-electron chi connectivity index (χ0n) is 10.1. The number of hydrogen-bond acceptors (Lipinski definition) is 2. The van der Waals surface area contributed by atoms with Crippen molar-refractivity contribution in [1.29, 1.82) is 0 Å². The van der Waals surface area contributed by atoms with E-state index in [9.17, 15) is 5.11 Å². The monoisotopic (exact) mass is 262 g/mol. The van der Waals surface area contributed by atoms with E-state index in [0.717, 1.165) is 11.1 Å². The second-order valence-corrected chi connectivity index (χ2v) is 4.55. The lowest BCUT2D eigenvalue weighted by molar-refractivity contribution is 0.199. The molecule has 94 valence electrons. The van der Waals surface area contributed by atoms with Crippen LogP contribution < -0.4 is 4.74 Å². The molecule has 0 radical (unpaired) electrons. The molecule has 0 fully saturated rings. The Morgan fingerprint density at radius 1 is 1.17 bits per heavy atom. The average Bonchev–Trinajstić information content (AvgIpc) is 2.38. The number of ether oxygens (including phenoxy) is 1. The van der Waals surface area contributed by atoms with E-state index in [-0.39, 0.29) is 0 Å². The largest absolute Gasteiger partial charge is 0.487 e. The first-order chi connectivity index (χ1) is 8.66. The van der Waals surface area contributed by atoms with Gasteiger partial charge in [0.15, 0.2) is 0 Å². The van der Waals surface area contributed by atoms with Crippen LogP contribution in [0.25, 0.3) is 0 Å². The van der Waals surface area contributed by atoms with Gasteiger partial charge in [-0.3, -0.25) is 0 Å². The Bertz CT molecular complexity index is 509. The fraction of sp³-hybridized carbons (Fsp3) is 0.200. The van der Waals surface area contributed by atoms with Crippen molar-refractivity contribution in [1.82, 2.24) is 0 Å². The van der Waals surface area contributed by atoms with Crippen molar-refractivity contribution in [2.45, 2.75) is 19.6 Å². The SMILES string of the molecule is C[C@@H](O)c1ccc(OCc2ccccc2)c(Cl)c1. The molecule has 0 spiro atoms. The molecule has 1 atom stereocenters. The number of aliphatic hydroxyl groups is 1. The number of benzene rings is 2. The van der Waals surface area contributed by atoms with Crippen LogP contribution in [-0.4, -0.2) is 5.11 Å². The zero-order chi connectivity index (χ0) is 13.0. The van der Waals surface area contributed by atoms with Crippen LogP contribution in [0.3, 0.4) is 0 Å². The van der Waals surface area contributed by atoms with Gasteiger partial charge in [-0.15, -0.1) is 0 Å². The molecule has 0 aliphatic heterocycles. The minimum Gasteiger partial charge on any atom is -0.487 e. The first-order valence-electron chi connectivity index (χ1n) is 5.81. The lowest BCUT2D eigenvalue weighted by Crippen LogP contribution is -1.97. The second kappa shape index (κ2) is 5.89. The van der Waals surface area contributed by atoms with E-state index < -0.39 is 6.10 Å². The van der Waals surface area contributed by atoms with Gasteiger partial charge in [0.05, 0.1) is 11.1 Å². The highest BCUT2D eigenvalue weighted by atomic mass is 35.5. The molecule has 0 aliphatic carbocycles. The van der Waals surface area contributed by atoms with E-state index >= 15 is 0 Å².